The normalized spacial score (nSPS) is 22.0. The van der Waals surface area contributed by atoms with Crippen molar-refractivity contribution in [2.24, 2.45) is 0 Å². The zero-order chi connectivity index (χ0) is 8.48. The molecule has 1 N–H and O–H groups in total. The van der Waals surface area contributed by atoms with Crippen molar-refractivity contribution in [1.29, 1.82) is 0 Å². The first-order chi connectivity index (χ1) is 5.14. The van der Waals surface area contributed by atoms with E-state index in [9.17, 15) is 9.59 Å². The van der Waals surface area contributed by atoms with E-state index in [1.165, 1.54) is 0 Å². The van der Waals surface area contributed by atoms with Gasteiger partial charge in [0.15, 0.2) is 6.54 Å². The topological polar surface area (TPSA) is 46.2 Å². The summed E-state index contributed by atoms with van der Waals surface area (Å²) in [5.74, 6) is 0.361. The van der Waals surface area contributed by atoms with Crippen LogP contribution in [0.15, 0.2) is 0 Å². The molecule has 0 unspecified atom stereocenters. The third-order valence-electron chi connectivity index (χ3n) is 1.66. The number of quaternary nitrogens is 1. The number of nitrogens with zero attached hydrogens (tertiary/aromatic N) is 1. The molecule has 11 heavy (non-hydrogen) atoms. The highest BCUT2D eigenvalue weighted by atomic mass is 32.1. The van der Waals surface area contributed by atoms with Crippen molar-refractivity contribution in [2.45, 2.75) is 0 Å². The third kappa shape index (κ3) is 1.38. The smallest absolute Gasteiger partial charge is 0.268 e. The number of urea groups is 1. The lowest BCUT2D eigenvalue weighted by Crippen LogP contribution is -2.48. The van der Waals surface area contributed by atoms with Gasteiger partial charge < -0.3 is 0 Å². The van der Waals surface area contributed by atoms with Crippen molar-refractivity contribution in [1.82, 2.24) is 5.32 Å². The van der Waals surface area contributed by atoms with Crippen LogP contribution in [-0.4, -0.2) is 34.7 Å². The molecule has 0 bridgehead atoms. The Balaban J connectivity index is 2.84. The lowest BCUT2D eigenvalue weighted by molar-refractivity contribution is -0.808. The van der Waals surface area contributed by atoms with E-state index >= 15 is 0 Å². The van der Waals surface area contributed by atoms with Gasteiger partial charge in [-0.15, -0.1) is 25.3 Å². The van der Waals surface area contributed by atoms with Crippen molar-refractivity contribution in [2.75, 3.05) is 18.3 Å². The molecule has 0 aromatic rings. The SMILES string of the molecule is O=C1C[N+](CS)(CS)C(=O)N1. The Bertz CT molecular complexity index is 203. The molecule has 0 aliphatic carbocycles. The van der Waals surface area contributed by atoms with E-state index in [1.54, 1.807) is 0 Å². The molecule has 0 radical (unpaired) electrons. The van der Waals surface area contributed by atoms with E-state index < -0.39 is 0 Å². The van der Waals surface area contributed by atoms with E-state index in [-0.39, 0.29) is 23.0 Å². The summed E-state index contributed by atoms with van der Waals surface area (Å²) in [4.78, 5) is 21.9. The quantitative estimate of drug-likeness (QED) is 0.324. The number of rotatable bonds is 2. The van der Waals surface area contributed by atoms with Crippen molar-refractivity contribution >= 4 is 37.2 Å². The molecule has 1 rings (SSSR count). The molecule has 1 aliphatic rings. The first-order valence-electron chi connectivity index (χ1n) is 3.07. The van der Waals surface area contributed by atoms with Crippen LogP contribution >= 0.6 is 25.3 Å². The van der Waals surface area contributed by atoms with Gasteiger partial charge in [0.05, 0.1) is 0 Å². The fourth-order valence-electron chi connectivity index (χ4n) is 0.897. The van der Waals surface area contributed by atoms with Crippen LogP contribution in [0.3, 0.4) is 0 Å². The van der Waals surface area contributed by atoms with Crippen LogP contribution in [0.2, 0.25) is 0 Å². The molecular formula is C5H9N2O2S2+. The van der Waals surface area contributed by atoms with Crippen LogP contribution in [0.4, 0.5) is 4.79 Å². The van der Waals surface area contributed by atoms with E-state index in [2.05, 4.69) is 30.6 Å². The predicted molar refractivity (Wildman–Crippen MR) is 46.4 cm³/mol. The Morgan fingerprint density at radius 1 is 1.36 bits per heavy atom. The summed E-state index contributed by atoms with van der Waals surface area (Å²) in [5.41, 5.74) is 0. The molecule has 4 nitrogen and oxygen atoms in total. The Labute approximate surface area is 75.3 Å². The number of carbonyl (C=O) groups excluding carboxylic acids is 2. The number of carbonyl (C=O) groups is 2. The molecular weight excluding hydrogens is 184 g/mol. The zero-order valence-electron chi connectivity index (χ0n) is 5.78. The summed E-state index contributed by atoms with van der Waals surface area (Å²) in [6, 6.07) is -0.306. The Hall–Kier alpha value is -0.200. The monoisotopic (exact) mass is 193 g/mol. The summed E-state index contributed by atoms with van der Waals surface area (Å²) >= 11 is 7.98. The summed E-state index contributed by atoms with van der Waals surface area (Å²) in [6.07, 6.45) is 0. The average Bonchev–Trinajstić information content (AvgIpc) is 2.27. The molecule has 6 heteroatoms. The van der Waals surface area contributed by atoms with E-state index in [0.29, 0.717) is 11.8 Å². The van der Waals surface area contributed by atoms with E-state index in [1.807, 2.05) is 0 Å². The van der Waals surface area contributed by atoms with E-state index in [4.69, 9.17) is 0 Å². The minimum absolute atomic E-state index is 0.00887. The maximum absolute atomic E-state index is 11.1. The number of thiol groups is 2. The molecule has 0 aromatic carbocycles. The van der Waals surface area contributed by atoms with Crippen molar-refractivity contribution in [3.05, 3.63) is 0 Å². The summed E-state index contributed by atoms with van der Waals surface area (Å²) < 4.78 is -0.00887. The summed E-state index contributed by atoms with van der Waals surface area (Å²) in [5, 5.41) is 2.21. The number of imide groups is 1. The lowest BCUT2D eigenvalue weighted by Gasteiger charge is -2.23. The molecule has 0 atom stereocenters. The fraction of sp³-hybridized carbons (Fsp3) is 0.600. The highest BCUT2D eigenvalue weighted by Crippen LogP contribution is 2.15. The number of hydrogen-bond donors (Lipinski definition) is 3. The van der Waals surface area contributed by atoms with Crippen molar-refractivity contribution < 1.29 is 14.1 Å². The standard InChI is InChI=1S/C5H8N2O2S2/c8-4-1-7(2-10,3-11)5(9)6-4/h1-3H2,(H2-,6,8,9,10,11)/p+1. The summed E-state index contributed by atoms with van der Waals surface area (Å²) in [6.45, 7) is 0.159. The van der Waals surface area contributed by atoms with Crippen LogP contribution in [0.25, 0.3) is 0 Å². The van der Waals surface area contributed by atoms with Crippen LogP contribution in [0.1, 0.15) is 0 Å². The van der Waals surface area contributed by atoms with Gasteiger partial charge in [-0.2, -0.15) is 0 Å². The van der Waals surface area contributed by atoms with Gasteiger partial charge in [0.25, 0.3) is 5.91 Å². The van der Waals surface area contributed by atoms with Gasteiger partial charge in [0.1, 0.15) is 11.8 Å². The summed E-state index contributed by atoms with van der Waals surface area (Å²) in [7, 11) is 0. The predicted octanol–water partition coefficient (Wildman–Crippen LogP) is -0.172. The molecule has 1 fully saturated rings. The van der Waals surface area contributed by atoms with Crippen molar-refractivity contribution in [3.63, 3.8) is 0 Å². The minimum Gasteiger partial charge on any atom is -0.268 e. The van der Waals surface area contributed by atoms with E-state index in [0.717, 1.165) is 0 Å². The van der Waals surface area contributed by atoms with Crippen LogP contribution in [0, 0.1) is 0 Å². The van der Waals surface area contributed by atoms with Crippen LogP contribution < -0.4 is 5.32 Å². The first kappa shape index (κ1) is 8.89. The number of nitrogens with one attached hydrogen (secondary N) is 1. The highest BCUT2D eigenvalue weighted by Gasteiger charge is 2.44. The Kier molecular flexibility index (Phi) is 2.46. The zero-order valence-corrected chi connectivity index (χ0v) is 7.57. The first-order valence-corrected chi connectivity index (χ1v) is 4.33. The fourth-order valence-corrected chi connectivity index (χ4v) is 1.71. The molecule has 0 saturated carbocycles. The molecule has 1 heterocycles. The lowest BCUT2D eigenvalue weighted by atomic mass is 10.5. The second-order valence-corrected chi connectivity index (χ2v) is 3.01. The Morgan fingerprint density at radius 2 is 1.91 bits per heavy atom. The molecule has 0 aromatic heterocycles. The molecule has 1 saturated heterocycles. The average molecular weight is 193 g/mol. The van der Waals surface area contributed by atoms with Gasteiger partial charge in [-0.25, -0.2) is 14.6 Å². The number of amides is 3. The number of hydrogen-bond acceptors (Lipinski definition) is 4. The molecule has 0 spiro atoms. The third-order valence-corrected chi connectivity index (χ3v) is 2.75. The van der Waals surface area contributed by atoms with Gasteiger partial charge >= 0.3 is 6.03 Å². The molecule has 62 valence electrons. The maximum Gasteiger partial charge on any atom is 0.425 e. The molecule has 1 aliphatic heterocycles. The minimum atomic E-state index is -0.306. The van der Waals surface area contributed by atoms with Crippen LogP contribution in [0.5, 0.6) is 0 Å². The molecule has 3 amide bonds. The van der Waals surface area contributed by atoms with Gasteiger partial charge in [-0.1, -0.05) is 0 Å². The van der Waals surface area contributed by atoms with Crippen LogP contribution in [-0.2, 0) is 4.79 Å². The van der Waals surface area contributed by atoms with Gasteiger partial charge in [-0.05, 0) is 0 Å². The maximum atomic E-state index is 11.1. The van der Waals surface area contributed by atoms with Gasteiger partial charge in [0, 0.05) is 0 Å². The van der Waals surface area contributed by atoms with Gasteiger partial charge in [0.2, 0.25) is 0 Å². The Morgan fingerprint density at radius 3 is 2.09 bits per heavy atom. The second kappa shape index (κ2) is 3.04. The van der Waals surface area contributed by atoms with Crippen molar-refractivity contribution in [3.8, 4) is 0 Å². The highest BCUT2D eigenvalue weighted by molar-refractivity contribution is 7.80. The second-order valence-electron chi connectivity index (χ2n) is 2.44. The van der Waals surface area contributed by atoms with Gasteiger partial charge in [-0.3, -0.25) is 4.79 Å². The largest absolute Gasteiger partial charge is 0.425 e.